The fourth-order valence-corrected chi connectivity index (χ4v) is 3.25. The monoisotopic (exact) mass is 297 g/mol. The second-order valence-electron chi connectivity index (χ2n) is 6.93. The molecule has 0 amide bonds. The highest BCUT2D eigenvalue weighted by atomic mass is 16.5. The quantitative estimate of drug-likeness (QED) is 0.422. The number of hydrogen-bond donors (Lipinski definition) is 0. The predicted molar refractivity (Wildman–Crippen MR) is 92.9 cm³/mol. The smallest absolute Gasteiger partial charge is 0.0702 e. The Morgan fingerprint density at radius 1 is 0.810 bits per heavy atom. The summed E-state index contributed by atoms with van der Waals surface area (Å²) in [6.07, 6.45) is 19.0. The second-order valence-corrected chi connectivity index (χ2v) is 6.93. The van der Waals surface area contributed by atoms with E-state index >= 15 is 0 Å². The van der Waals surface area contributed by atoms with Crippen molar-refractivity contribution in [2.75, 3.05) is 26.7 Å². The van der Waals surface area contributed by atoms with Gasteiger partial charge in [0.1, 0.15) is 0 Å². The minimum Gasteiger partial charge on any atom is -0.376 e. The van der Waals surface area contributed by atoms with Gasteiger partial charge in [-0.3, -0.25) is 0 Å². The number of likely N-dealkylation sites (N-methyl/N-ethyl adjacent to an activating group) is 1. The molecule has 1 aliphatic heterocycles. The minimum absolute atomic E-state index is 0.506. The summed E-state index contributed by atoms with van der Waals surface area (Å²) in [5.41, 5.74) is 0. The van der Waals surface area contributed by atoms with Gasteiger partial charge >= 0.3 is 0 Å². The third-order valence-corrected chi connectivity index (χ3v) is 4.72. The van der Waals surface area contributed by atoms with Crippen molar-refractivity contribution in [3.8, 4) is 0 Å². The van der Waals surface area contributed by atoms with Crippen molar-refractivity contribution in [3.05, 3.63) is 0 Å². The highest BCUT2D eigenvalue weighted by Crippen LogP contribution is 2.15. The van der Waals surface area contributed by atoms with Gasteiger partial charge in [0.25, 0.3) is 0 Å². The number of ether oxygens (including phenoxy) is 1. The van der Waals surface area contributed by atoms with Crippen molar-refractivity contribution < 1.29 is 4.74 Å². The van der Waals surface area contributed by atoms with Crippen molar-refractivity contribution in [1.29, 1.82) is 0 Å². The van der Waals surface area contributed by atoms with E-state index in [2.05, 4.69) is 18.9 Å². The Morgan fingerprint density at radius 2 is 1.33 bits per heavy atom. The highest BCUT2D eigenvalue weighted by molar-refractivity contribution is 4.68. The molecule has 1 rings (SSSR count). The highest BCUT2D eigenvalue weighted by Gasteiger charge is 2.16. The van der Waals surface area contributed by atoms with Crippen LogP contribution in [0.4, 0.5) is 0 Å². The molecule has 0 spiro atoms. The molecule has 21 heavy (non-hydrogen) atoms. The lowest BCUT2D eigenvalue weighted by Gasteiger charge is -2.30. The van der Waals surface area contributed by atoms with Crippen LogP contribution in [-0.2, 0) is 4.74 Å². The van der Waals surface area contributed by atoms with Crippen LogP contribution < -0.4 is 0 Å². The molecule has 0 N–H and O–H groups in total. The molecule has 2 heteroatoms. The first-order valence-corrected chi connectivity index (χ1v) is 9.63. The van der Waals surface area contributed by atoms with Gasteiger partial charge in [0.2, 0.25) is 0 Å². The van der Waals surface area contributed by atoms with Gasteiger partial charge in [-0.25, -0.2) is 0 Å². The van der Waals surface area contributed by atoms with E-state index in [9.17, 15) is 0 Å². The third kappa shape index (κ3) is 11.2. The molecular weight excluding hydrogens is 258 g/mol. The van der Waals surface area contributed by atoms with Crippen LogP contribution in [0, 0.1) is 0 Å². The fourth-order valence-electron chi connectivity index (χ4n) is 3.25. The van der Waals surface area contributed by atoms with Crippen molar-refractivity contribution in [1.82, 2.24) is 4.90 Å². The lowest BCUT2D eigenvalue weighted by Crippen LogP contribution is -2.39. The third-order valence-electron chi connectivity index (χ3n) is 4.72. The van der Waals surface area contributed by atoms with Gasteiger partial charge < -0.3 is 9.64 Å². The molecule has 0 aromatic rings. The van der Waals surface area contributed by atoms with Crippen molar-refractivity contribution in [2.24, 2.45) is 0 Å². The molecule has 126 valence electrons. The summed E-state index contributed by atoms with van der Waals surface area (Å²) < 4.78 is 5.81. The SMILES string of the molecule is CCCCCCCCCCCCCCC1CN(C)CCO1. The summed E-state index contributed by atoms with van der Waals surface area (Å²) in [4.78, 5) is 2.40. The molecule has 0 aromatic carbocycles. The summed E-state index contributed by atoms with van der Waals surface area (Å²) in [5, 5.41) is 0. The van der Waals surface area contributed by atoms with Crippen molar-refractivity contribution >= 4 is 0 Å². The van der Waals surface area contributed by atoms with Crippen LogP contribution in [0.1, 0.15) is 90.4 Å². The minimum atomic E-state index is 0.506. The molecule has 2 nitrogen and oxygen atoms in total. The average Bonchev–Trinajstić information content (AvgIpc) is 2.48. The Labute approximate surface area is 133 Å². The van der Waals surface area contributed by atoms with E-state index in [0.717, 1.165) is 19.7 Å². The maximum atomic E-state index is 5.81. The standard InChI is InChI=1S/C19H39NO/c1-3-4-5-6-7-8-9-10-11-12-13-14-15-19-18-20(2)16-17-21-19/h19H,3-18H2,1-2H3. The lowest BCUT2D eigenvalue weighted by molar-refractivity contribution is -0.0242. The number of hydrogen-bond acceptors (Lipinski definition) is 2. The lowest BCUT2D eigenvalue weighted by atomic mass is 10.0. The maximum absolute atomic E-state index is 5.81. The van der Waals surface area contributed by atoms with Gasteiger partial charge in [-0.1, -0.05) is 84.0 Å². The predicted octanol–water partition coefficient (Wildman–Crippen LogP) is 5.41. The molecule has 1 heterocycles. The van der Waals surface area contributed by atoms with Crippen LogP contribution in [-0.4, -0.2) is 37.7 Å². The summed E-state index contributed by atoms with van der Waals surface area (Å²) in [6, 6.07) is 0. The molecule has 1 unspecified atom stereocenters. The Bertz CT molecular complexity index is 220. The van der Waals surface area contributed by atoms with E-state index in [1.165, 1.54) is 83.5 Å². The van der Waals surface area contributed by atoms with E-state index < -0.39 is 0 Å². The average molecular weight is 298 g/mol. The van der Waals surface area contributed by atoms with Crippen LogP contribution in [0.15, 0.2) is 0 Å². The molecule has 0 aliphatic carbocycles. The molecule has 1 atom stereocenters. The first kappa shape index (κ1) is 19.0. The number of rotatable bonds is 13. The van der Waals surface area contributed by atoms with Gasteiger partial charge in [0, 0.05) is 13.1 Å². The van der Waals surface area contributed by atoms with Gasteiger partial charge in [0.05, 0.1) is 12.7 Å². The molecule has 1 fully saturated rings. The topological polar surface area (TPSA) is 12.5 Å². The van der Waals surface area contributed by atoms with Crippen LogP contribution in [0.25, 0.3) is 0 Å². The zero-order valence-corrected chi connectivity index (χ0v) is 14.7. The largest absolute Gasteiger partial charge is 0.376 e. The van der Waals surface area contributed by atoms with Crippen LogP contribution in [0.3, 0.4) is 0 Å². The second kappa shape index (κ2) is 13.6. The Morgan fingerprint density at radius 3 is 1.86 bits per heavy atom. The summed E-state index contributed by atoms with van der Waals surface area (Å²) in [7, 11) is 2.21. The first-order valence-electron chi connectivity index (χ1n) is 9.63. The summed E-state index contributed by atoms with van der Waals surface area (Å²) in [6.45, 7) is 5.46. The maximum Gasteiger partial charge on any atom is 0.0702 e. The van der Waals surface area contributed by atoms with Crippen molar-refractivity contribution in [3.63, 3.8) is 0 Å². The van der Waals surface area contributed by atoms with Crippen LogP contribution in [0.5, 0.6) is 0 Å². The molecule has 1 saturated heterocycles. The van der Waals surface area contributed by atoms with Gasteiger partial charge in [-0.05, 0) is 13.5 Å². The van der Waals surface area contributed by atoms with Gasteiger partial charge in [-0.2, -0.15) is 0 Å². The molecular formula is C19H39NO. The Hall–Kier alpha value is -0.0800. The molecule has 1 aliphatic rings. The molecule has 0 radical (unpaired) electrons. The van der Waals surface area contributed by atoms with Gasteiger partial charge in [0.15, 0.2) is 0 Å². The Kier molecular flexibility index (Phi) is 12.3. The summed E-state index contributed by atoms with van der Waals surface area (Å²) in [5.74, 6) is 0. The van der Waals surface area contributed by atoms with E-state index in [4.69, 9.17) is 4.74 Å². The Balaban J connectivity index is 1.74. The molecule has 0 bridgehead atoms. The summed E-state index contributed by atoms with van der Waals surface area (Å²) >= 11 is 0. The normalized spacial score (nSPS) is 20.0. The molecule has 0 aromatic heterocycles. The van der Waals surface area contributed by atoms with Crippen LogP contribution >= 0.6 is 0 Å². The number of morpholine rings is 1. The first-order chi connectivity index (χ1) is 10.3. The van der Waals surface area contributed by atoms with Gasteiger partial charge in [-0.15, -0.1) is 0 Å². The van der Waals surface area contributed by atoms with E-state index in [1.807, 2.05) is 0 Å². The zero-order valence-electron chi connectivity index (χ0n) is 14.7. The van der Waals surface area contributed by atoms with E-state index in [0.29, 0.717) is 6.10 Å². The van der Waals surface area contributed by atoms with Crippen molar-refractivity contribution in [2.45, 2.75) is 96.5 Å². The van der Waals surface area contributed by atoms with E-state index in [-0.39, 0.29) is 0 Å². The number of nitrogens with zero attached hydrogens (tertiary/aromatic N) is 1. The number of unbranched alkanes of at least 4 members (excludes halogenated alkanes) is 11. The fraction of sp³-hybridized carbons (Fsp3) is 1.00. The van der Waals surface area contributed by atoms with E-state index in [1.54, 1.807) is 0 Å². The molecule has 0 saturated carbocycles. The zero-order chi connectivity index (χ0) is 15.2. The van der Waals surface area contributed by atoms with Crippen LogP contribution in [0.2, 0.25) is 0 Å².